The highest BCUT2D eigenvalue weighted by Gasteiger charge is 1.95. The molecule has 0 unspecified atom stereocenters. The molecule has 52 valence electrons. The van der Waals surface area contributed by atoms with Crippen molar-refractivity contribution in [3.63, 3.8) is 0 Å². The van der Waals surface area contributed by atoms with Gasteiger partial charge in [-0.3, -0.25) is 4.79 Å². The Hall–Kier alpha value is -0.930. The van der Waals surface area contributed by atoms with E-state index in [1.165, 1.54) is 0 Å². The normalized spacial score (nSPS) is 8.33. The van der Waals surface area contributed by atoms with Crippen LogP contribution in [0.15, 0.2) is 12.2 Å². The van der Waals surface area contributed by atoms with Crippen LogP contribution in [0.4, 0.5) is 8.78 Å². The zero-order valence-corrected chi connectivity index (χ0v) is 4.95. The number of amides is 1. The van der Waals surface area contributed by atoms with Crippen LogP contribution in [-0.2, 0) is 4.79 Å². The van der Waals surface area contributed by atoms with Crippen LogP contribution in [0.1, 0.15) is 6.92 Å². The SMILES string of the molecule is CCNC(=O)C=C(F)F. The van der Waals surface area contributed by atoms with Gasteiger partial charge >= 0.3 is 0 Å². The number of rotatable bonds is 2. The maximum Gasteiger partial charge on any atom is 0.275 e. The Balaban J connectivity index is 3.63. The molecule has 0 saturated carbocycles. The van der Waals surface area contributed by atoms with E-state index in [0.29, 0.717) is 6.54 Å². The summed E-state index contributed by atoms with van der Waals surface area (Å²) in [6, 6.07) is 0. The summed E-state index contributed by atoms with van der Waals surface area (Å²) in [4.78, 5) is 10.2. The molecule has 0 aliphatic heterocycles. The Labute approximate surface area is 51.6 Å². The first-order valence-corrected chi connectivity index (χ1v) is 2.47. The molecule has 0 fully saturated rings. The van der Waals surface area contributed by atoms with E-state index in [0.717, 1.165) is 0 Å². The predicted octanol–water partition coefficient (Wildman–Crippen LogP) is 0.903. The summed E-state index contributed by atoms with van der Waals surface area (Å²) in [6.07, 6.45) is -1.72. The minimum atomic E-state index is -1.97. The van der Waals surface area contributed by atoms with Crippen LogP contribution in [0.25, 0.3) is 0 Å². The van der Waals surface area contributed by atoms with Crippen molar-refractivity contribution in [3.05, 3.63) is 12.2 Å². The van der Waals surface area contributed by atoms with Crippen LogP contribution < -0.4 is 5.32 Å². The zero-order chi connectivity index (χ0) is 7.28. The fourth-order valence-electron chi connectivity index (χ4n) is 0.324. The number of halogens is 2. The molecule has 1 amide bonds. The van der Waals surface area contributed by atoms with E-state index in [1.54, 1.807) is 6.92 Å². The lowest BCUT2D eigenvalue weighted by Crippen LogP contribution is -2.19. The van der Waals surface area contributed by atoms with Crippen LogP contribution >= 0.6 is 0 Å². The van der Waals surface area contributed by atoms with Crippen molar-refractivity contribution in [2.24, 2.45) is 0 Å². The molecule has 0 aliphatic rings. The largest absolute Gasteiger partial charge is 0.353 e. The third-order valence-electron chi connectivity index (χ3n) is 0.591. The van der Waals surface area contributed by atoms with Gasteiger partial charge in [0.15, 0.2) is 0 Å². The number of likely N-dealkylation sites (N-methyl/N-ethyl adjacent to an activating group) is 1. The average Bonchev–Trinajstić information content (AvgIpc) is 1.63. The summed E-state index contributed by atoms with van der Waals surface area (Å²) in [7, 11) is 0. The van der Waals surface area contributed by atoms with E-state index in [9.17, 15) is 13.6 Å². The van der Waals surface area contributed by atoms with Gasteiger partial charge in [-0.2, -0.15) is 8.78 Å². The van der Waals surface area contributed by atoms with Crippen LogP contribution in [0.2, 0.25) is 0 Å². The van der Waals surface area contributed by atoms with Crippen molar-refractivity contribution in [1.29, 1.82) is 0 Å². The highest BCUT2D eigenvalue weighted by Crippen LogP contribution is 1.94. The molecular formula is C5H7F2NO. The van der Waals surface area contributed by atoms with Gasteiger partial charge < -0.3 is 5.32 Å². The van der Waals surface area contributed by atoms with Crippen LogP contribution in [0.5, 0.6) is 0 Å². The van der Waals surface area contributed by atoms with E-state index in [-0.39, 0.29) is 6.08 Å². The smallest absolute Gasteiger partial charge is 0.275 e. The second-order valence-corrected chi connectivity index (χ2v) is 1.33. The molecule has 0 radical (unpaired) electrons. The molecule has 0 aromatic heterocycles. The second-order valence-electron chi connectivity index (χ2n) is 1.33. The molecule has 0 bridgehead atoms. The van der Waals surface area contributed by atoms with Gasteiger partial charge in [-0.15, -0.1) is 0 Å². The van der Waals surface area contributed by atoms with E-state index in [1.807, 2.05) is 0 Å². The maximum absolute atomic E-state index is 11.2. The highest BCUT2D eigenvalue weighted by atomic mass is 19.3. The van der Waals surface area contributed by atoms with Crippen molar-refractivity contribution < 1.29 is 13.6 Å². The fourth-order valence-corrected chi connectivity index (χ4v) is 0.324. The molecule has 0 aromatic carbocycles. The molecule has 2 nitrogen and oxygen atoms in total. The molecule has 0 atom stereocenters. The topological polar surface area (TPSA) is 29.1 Å². The third-order valence-corrected chi connectivity index (χ3v) is 0.591. The Morgan fingerprint density at radius 1 is 1.67 bits per heavy atom. The molecule has 0 spiro atoms. The fraction of sp³-hybridized carbons (Fsp3) is 0.400. The molecular weight excluding hydrogens is 128 g/mol. The number of hydrogen-bond acceptors (Lipinski definition) is 1. The Morgan fingerprint density at radius 2 is 2.22 bits per heavy atom. The molecule has 1 N–H and O–H groups in total. The summed E-state index contributed by atoms with van der Waals surface area (Å²) in [6.45, 7) is 2.02. The van der Waals surface area contributed by atoms with Gasteiger partial charge in [0.1, 0.15) is 0 Å². The lowest BCUT2D eigenvalue weighted by Gasteiger charge is -1.91. The van der Waals surface area contributed by atoms with Crippen molar-refractivity contribution in [2.45, 2.75) is 6.92 Å². The van der Waals surface area contributed by atoms with Gasteiger partial charge in [0, 0.05) is 6.54 Å². The van der Waals surface area contributed by atoms with E-state index in [4.69, 9.17) is 0 Å². The summed E-state index contributed by atoms with van der Waals surface area (Å²) in [5.74, 6) is -0.752. The number of carbonyl (C=O) groups excluding carboxylic acids is 1. The van der Waals surface area contributed by atoms with E-state index >= 15 is 0 Å². The second kappa shape index (κ2) is 4.00. The zero-order valence-electron chi connectivity index (χ0n) is 4.95. The van der Waals surface area contributed by atoms with E-state index in [2.05, 4.69) is 5.32 Å². The molecule has 0 aliphatic carbocycles. The molecule has 0 rings (SSSR count). The van der Waals surface area contributed by atoms with Crippen molar-refractivity contribution in [1.82, 2.24) is 5.32 Å². The lowest BCUT2D eigenvalue weighted by atomic mass is 10.5. The summed E-state index contributed by atoms with van der Waals surface area (Å²) in [5, 5.41) is 2.18. The Bertz CT molecular complexity index is 129. The maximum atomic E-state index is 11.2. The van der Waals surface area contributed by atoms with Crippen molar-refractivity contribution >= 4 is 5.91 Å². The monoisotopic (exact) mass is 135 g/mol. The van der Waals surface area contributed by atoms with Crippen LogP contribution in [-0.4, -0.2) is 12.5 Å². The number of hydrogen-bond donors (Lipinski definition) is 1. The van der Waals surface area contributed by atoms with E-state index < -0.39 is 12.0 Å². The predicted molar refractivity (Wildman–Crippen MR) is 29.0 cm³/mol. The highest BCUT2D eigenvalue weighted by molar-refractivity contribution is 5.87. The quantitative estimate of drug-likeness (QED) is 0.560. The molecule has 0 aromatic rings. The first-order valence-electron chi connectivity index (χ1n) is 2.47. The molecule has 4 heteroatoms. The van der Waals surface area contributed by atoms with Crippen LogP contribution in [0, 0.1) is 0 Å². The standard InChI is InChI=1S/C5H7F2NO/c1-2-8-5(9)3-4(6)7/h3H,2H2,1H3,(H,8,9). The van der Waals surface area contributed by atoms with Gasteiger partial charge in [-0.1, -0.05) is 0 Å². The van der Waals surface area contributed by atoms with Gasteiger partial charge in [-0.25, -0.2) is 0 Å². The third kappa shape index (κ3) is 4.93. The average molecular weight is 135 g/mol. The number of nitrogens with one attached hydrogen (secondary N) is 1. The first-order chi connectivity index (χ1) is 4.16. The Morgan fingerprint density at radius 3 is 2.56 bits per heavy atom. The van der Waals surface area contributed by atoms with Gasteiger partial charge in [0.05, 0.1) is 6.08 Å². The Kier molecular flexibility index (Phi) is 3.59. The molecule has 0 saturated heterocycles. The minimum Gasteiger partial charge on any atom is -0.353 e. The van der Waals surface area contributed by atoms with Crippen molar-refractivity contribution in [2.75, 3.05) is 6.54 Å². The lowest BCUT2D eigenvalue weighted by molar-refractivity contribution is -0.116. The summed E-state index contributed by atoms with van der Waals surface area (Å²) in [5.41, 5.74) is 0. The van der Waals surface area contributed by atoms with Gasteiger partial charge in [0.2, 0.25) is 5.91 Å². The molecule has 0 heterocycles. The van der Waals surface area contributed by atoms with Crippen molar-refractivity contribution in [3.8, 4) is 0 Å². The summed E-state index contributed by atoms with van der Waals surface area (Å²) < 4.78 is 22.4. The minimum absolute atomic E-state index is 0.253. The molecule has 9 heavy (non-hydrogen) atoms. The first kappa shape index (κ1) is 8.07. The van der Waals surface area contributed by atoms with Crippen LogP contribution in [0.3, 0.4) is 0 Å². The van der Waals surface area contributed by atoms with Gasteiger partial charge in [0.25, 0.3) is 6.08 Å². The number of carbonyl (C=O) groups is 1. The van der Waals surface area contributed by atoms with Gasteiger partial charge in [-0.05, 0) is 6.92 Å². The summed E-state index contributed by atoms with van der Waals surface area (Å²) >= 11 is 0.